The summed E-state index contributed by atoms with van der Waals surface area (Å²) in [7, 11) is 0. The summed E-state index contributed by atoms with van der Waals surface area (Å²) in [5, 5.41) is 3.34. The van der Waals surface area contributed by atoms with Crippen molar-refractivity contribution < 1.29 is 13.2 Å². The Morgan fingerprint density at radius 2 is 1.71 bits per heavy atom. The molecule has 1 aromatic rings. The fraction of sp³-hybridized carbons (Fsp3) is 0.733. The molecule has 3 nitrogen and oxygen atoms in total. The molecule has 1 unspecified atom stereocenters. The van der Waals surface area contributed by atoms with Crippen LogP contribution in [-0.4, -0.2) is 29.2 Å². The van der Waals surface area contributed by atoms with Crippen molar-refractivity contribution in [1.29, 1.82) is 0 Å². The van der Waals surface area contributed by atoms with Crippen LogP contribution >= 0.6 is 0 Å². The molecule has 0 radical (unpaired) electrons. The summed E-state index contributed by atoms with van der Waals surface area (Å²) in [6, 6.07) is 0. The summed E-state index contributed by atoms with van der Waals surface area (Å²) in [5.41, 5.74) is 2.60. The Morgan fingerprint density at radius 1 is 1.14 bits per heavy atom. The molecule has 0 spiro atoms. The van der Waals surface area contributed by atoms with Gasteiger partial charge in [-0.05, 0) is 38.3 Å². The predicted molar refractivity (Wildman–Crippen MR) is 77.5 cm³/mol. The van der Waals surface area contributed by atoms with Crippen LogP contribution in [0.2, 0.25) is 0 Å². The Bertz CT molecular complexity index is 435. The van der Waals surface area contributed by atoms with E-state index in [1.807, 2.05) is 13.8 Å². The number of rotatable bonds is 7. The minimum Gasteiger partial charge on any atom is -0.316 e. The van der Waals surface area contributed by atoms with E-state index in [0.717, 1.165) is 36.5 Å². The Morgan fingerprint density at radius 3 is 2.19 bits per heavy atom. The topological polar surface area (TPSA) is 37.8 Å². The molecule has 0 aromatic carbocycles. The SMILES string of the molecule is CCCNCC(C)c1c(C)nc(CCC(F)(F)F)nc1C. The highest BCUT2D eigenvalue weighted by atomic mass is 19.4. The van der Waals surface area contributed by atoms with E-state index in [0.29, 0.717) is 0 Å². The van der Waals surface area contributed by atoms with E-state index >= 15 is 0 Å². The maximum absolute atomic E-state index is 12.3. The van der Waals surface area contributed by atoms with Crippen LogP contribution in [0.15, 0.2) is 0 Å². The monoisotopic (exact) mass is 303 g/mol. The first-order valence-corrected chi connectivity index (χ1v) is 7.36. The number of aromatic nitrogens is 2. The van der Waals surface area contributed by atoms with Crippen LogP contribution in [0.1, 0.15) is 55.4 Å². The second-order valence-corrected chi connectivity index (χ2v) is 5.44. The first-order valence-electron chi connectivity index (χ1n) is 7.36. The van der Waals surface area contributed by atoms with Crippen molar-refractivity contribution in [3.8, 4) is 0 Å². The van der Waals surface area contributed by atoms with E-state index in [-0.39, 0.29) is 18.2 Å². The van der Waals surface area contributed by atoms with Crippen LogP contribution in [0.5, 0.6) is 0 Å². The molecule has 0 aliphatic rings. The molecule has 1 heterocycles. The molecule has 21 heavy (non-hydrogen) atoms. The quantitative estimate of drug-likeness (QED) is 0.781. The highest BCUT2D eigenvalue weighted by Gasteiger charge is 2.27. The standard InChI is InChI=1S/C15H24F3N3/c1-5-8-19-9-10(2)14-11(3)20-13(21-12(14)4)6-7-15(16,17)18/h10,19H,5-9H2,1-4H3. The smallest absolute Gasteiger partial charge is 0.316 e. The van der Waals surface area contributed by atoms with Crippen molar-refractivity contribution in [2.75, 3.05) is 13.1 Å². The summed E-state index contributed by atoms with van der Waals surface area (Å²) < 4.78 is 36.8. The van der Waals surface area contributed by atoms with E-state index in [1.165, 1.54) is 0 Å². The van der Waals surface area contributed by atoms with Gasteiger partial charge in [0.2, 0.25) is 0 Å². The molecule has 0 amide bonds. The molecule has 1 atom stereocenters. The molecule has 1 N–H and O–H groups in total. The molecule has 120 valence electrons. The van der Waals surface area contributed by atoms with E-state index in [2.05, 4.69) is 29.1 Å². The normalized spacial score (nSPS) is 13.5. The average molecular weight is 303 g/mol. The highest BCUT2D eigenvalue weighted by Crippen LogP contribution is 2.24. The third-order valence-electron chi connectivity index (χ3n) is 3.38. The lowest BCUT2D eigenvalue weighted by Crippen LogP contribution is -2.22. The van der Waals surface area contributed by atoms with Gasteiger partial charge in [0.25, 0.3) is 0 Å². The lowest BCUT2D eigenvalue weighted by atomic mass is 9.98. The molecule has 0 saturated heterocycles. The Hall–Kier alpha value is -1.17. The van der Waals surface area contributed by atoms with Crippen molar-refractivity contribution in [3.63, 3.8) is 0 Å². The Labute approximate surface area is 124 Å². The van der Waals surface area contributed by atoms with Crippen LogP contribution in [0, 0.1) is 13.8 Å². The molecule has 1 aromatic heterocycles. The summed E-state index contributed by atoms with van der Waals surface area (Å²) in [4.78, 5) is 8.49. The lowest BCUT2D eigenvalue weighted by molar-refractivity contribution is -0.134. The van der Waals surface area contributed by atoms with Gasteiger partial charge in [-0.25, -0.2) is 9.97 Å². The van der Waals surface area contributed by atoms with Crippen molar-refractivity contribution in [2.45, 2.75) is 59.1 Å². The van der Waals surface area contributed by atoms with Crippen molar-refractivity contribution in [1.82, 2.24) is 15.3 Å². The van der Waals surface area contributed by atoms with Crippen LogP contribution < -0.4 is 5.32 Å². The van der Waals surface area contributed by atoms with Gasteiger partial charge in [0, 0.05) is 24.4 Å². The minimum atomic E-state index is -4.17. The first kappa shape index (κ1) is 17.9. The van der Waals surface area contributed by atoms with Gasteiger partial charge in [-0.15, -0.1) is 0 Å². The summed E-state index contributed by atoms with van der Waals surface area (Å²) in [5.74, 6) is 0.521. The molecular formula is C15H24F3N3. The molecule has 1 rings (SSSR count). The predicted octanol–water partition coefficient (Wildman–Crippen LogP) is 3.69. The van der Waals surface area contributed by atoms with Crippen molar-refractivity contribution in [2.24, 2.45) is 0 Å². The second kappa shape index (κ2) is 7.73. The number of alkyl halides is 3. The molecule has 0 fully saturated rings. The van der Waals surface area contributed by atoms with Gasteiger partial charge in [-0.1, -0.05) is 13.8 Å². The number of hydrogen-bond donors (Lipinski definition) is 1. The maximum Gasteiger partial charge on any atom is 0.389 e. The van der Waals surface area contributed by atoms with Gasteiger partial charge in [-0.3, -0.25) is 0 Å². The van der Waals surface area contributed by atoms with E-state index in [9.17, 15) is 13.2 Å². The zero-order chi connectivity index (χ0) is 16.0. The average Bonchev–Trinajstić information content (AvgIpc) is 2.35. The Balaban J connectivity index is 2.79. The highest BCUT2D eigenvalue weighted by molar-refractivity contribution is 5.28. The third kappa shape index (κ3) is 5.99. The summed E-state index contributed by atoms with van der Waals surface area (Å²) in [6.45, 7) is 9.64. The molecular weight excluding hydrogens is 279 g/mol. The molecule has 0 aliphatic heterocycles. The zero-order valence-electron chi connectivity index (χ0n) is 13.1. The van der Waals surface area contributed by atoms with Crippen LogP contribution in [0.4, 0.5) is 13.2 Å². The van der Waals surface area contributed by atoms with E-state index < -0.39 is 12.6 Å². The molecule has 0 bridgehead atoms. The van der Waals surface area contributed by atoms with Gasteiger partial charge < -0.3 is 5.32 Å². The van der Waals surface area contributed by atoms with Crippen molar-refractivity contribution >= 4 is 0 Å². The van der Waals surface area contributed by atoms with E-state index in [1.54, 1.807) is 0 Å². The fourth-order valence-corrected chi connectivity index (χ4v) is 2.47. The largest absolute Gasteiger partial charge is 0.389 e. The first-order chi connectivity index (χ1) is 9.74. The zero-order valence-corrected chi connectivity index (χ0v) is 13.1. The number of hydrogen-bond acceptors (Lipinski definition) is 3. The van der Waals surface area contributed by atoms with E-state index in [4.69, 9.17) is 0 Å². The van der Waals surface area contributed by atoms with Crippen molar-refractivity contribution in [3.05, 3.63) is 22.8 Å². The number of nitrogens with one attached hydrogen (secondary N) is 1. The molecule has 0 saturated carbocycles. The van der Waals surface area contributed by atoms with Gasteiger partial charge in [0.05, 0.1) is 6.42 Å². The summed E-state index contributed by atoms with van der Waals surface area (Å²) >= 11 is 0. The summed E-state index contributed by atoms with van der Waals surface area (Å²) in [6.07, 6.45) is -4.13. The van der Waals surface area contributed by atoms with Crippen LogP contribution in [-0.2, 0) is 6.42 Å². The number of aryl methyl sites for hydroxylation is 3. The van der Waals surface area contributed by atoms with Gasteiger partial charge >= 0.3 is 6.18 Å². The fourth-order valence-electron chi connectivity index (χ4n) is 2.47. The second-order valence-electron chi connectivity index (χ2n) is 5.44. The number of halogens is 3. The third-order valence-corrected chi connectivity index (χ3v) is 3.38. The van der Waals surface area contributed by atoms with Gasteiger partial charge in [0.15, 0.2) is 0 Å². The maximum atomic E-state index is 12.3. The van der Waals surface area contributed by atoms with Crippen LogP contribution in [0.25, 0.3) is 0 Å². The van der Waals surface area contributed by atoms with Gasteiger partial charge in [-0.2, -0.15) is 13.2 Å². The number of nitrogens with zero attached hydrogens (tertiary/aromatic N) is 2. The minimum absolute atomic E-state index is 0.159. The van der Waals surface area contributed by atoms with Gasteiger partial charge in [0.1, 0.15) is 5.82 Å². The molecule has 6 heteroatoms. The lowest BCUT2D eigenvalue weighted by Gasteiger charge is -2.18. The van der Waals surface area contributed by atoms with Crippen LogP contribution in [0.3, 0.4) is 0 Å². The molecule has 0 aliphatic carbocycles. The Kier molecular flexibility index (Phi) is 6.58.